The lowest BCUT2D eigenvalue weighted by atomic mass is 10.1. The van der Waals surface area contributed by atoms with Crippen LogP contribution in [0.15, 0.2) is 0 Å². The lowest BCUT2D eigenvalue weighted by molar-refractivity contribution is -0.0135. The third-order valence-corrected chi connectivity index (χ3v) is 3.11. The topological polar surface area (TPSA) is 18.5 Å². The highest BCUT2D eigenvalue weighted by Gasteiger charge is 2.15. The van der Waals surface area contributed by atoms with Gasteiger partial charge in [0, 0.05) is 13.7 Å². The Labute approximate surface area is 93.8 Å². The minimum absolute atomic E-state index is 0.0668. The second-order valence-electron chi connectivity index (χ2n) is 4.25. The molecule has 0 aromatic heterocycles. The molecule has 14 heavy (non-hydrogen) atoms. The fourth-order valence-corrected chi connectivity index (χ4v) is 1.33. The van der Waals surface area contributed by atoms with Gasteiger partial charge < -0.3 is 9.47 Å². The van der Waals surface area contributed by atoms with Gasteiger partial charge in [0.2, 0.25) is 0 Å². The summed E-state index contributed by atoms with van der Waals surface area (Å²) in [6.45, 7) is 7.91. The number of hydrogen-bond acceptors (Lipinski definition) is 3. The first-order valence-corrected chi connectivity index (χ1v) is 5.92. The Kier molecular flexibility index (Phi) is 7.69. The van der Waals surface area contributed by atoms with E-state index in [4.69, 9.17) is 9.47 Å². The molecule has 0 aliphatic rings. The number of thiol groups is 1. The van der Waals surface area contributed by atoms with Crippen LogP contribution in [-0.4, -0.2) is 31.7 Å². The highest BCUT2D eigenvalue weighted by molar-refractivity contribution is 7.80. The fourth-order valence-electron chi connectivity index (χ4n) is 0.970. The molecule has 0 N–H and O–H groups in total. The molecule has 3 heteroatoms. The van der Waals surface area contributed by atoms with Crippen molar-refractivity contribution in [3.63, 3.8) is 0 Å². The van der Waals surface area contributed by atoms with E-state index in [-0.39, 0.29) is 5.60 Å². The molecule has 0 aliphatic carbocycles. The normalized spacial score (nSPS) is 14.4. The zero-order valence-electron chi connectivity index (χ0n) is 9.88. The molecule has 0 saturated heterocycles. The lowest BCUT2D eigenvalue weighted by Crippen LogP contribution is -2.25. The lowest BCUT2D eigenvalue weighted by Gasteiger charge is -2.23. The summed E-state index contributed by atoms with van der Waals surface area (Å²) in [5.74, 6) is 1.49. The first kappa shape index (κ1) is 14.3. The third-order valence-electron chi connectivity index (χ3n) is 2.59. The molecule has 0 amide bonds. The highest BCUT2D eigenvalue weighted by Crippen LogP contribution is 2.13. The summed E-state index contributed by atoms with van der Waals surface area (Å²) < 4.78 is 10.9. The second kappa shape index (κ2) is 7.55. The van der Waals surface area contributed by atoms with Crippen LogP contribution in [0, 0.1) is 5.92 Å². The van der Waals surface area contributed by atoms with Crippen molar-refractivity contribution < 1.29 is 9.47 Å². The molecule has 0 rings (SSSR count). The molecule has 0 aromatic rings. The summed E-state index contributed by atoms with van der Waals surface area (Å²) in [6.07, 6.45) is 2.07. The zero-order chi connectivity index (χ0) is 11.0. The van der Waals surface area contributed by atoms with Gasteiger partial charge in [-0.25, -0.2) is 0 Å². The van der Waals surface area contributed by atoms with Gasteiger partial charge in [-0.3, -0.25) is 0 Å². The molecule has 1 unspecified atom stereocenters. The molecule has 86 valence electrons. The van der Waals surface area contributed by atoms with Crippen LogP contribution in [0.1, 0.15) is 33.6 Å². The van der Waals surface area contributed by atoms with Crippen molar-refractivity contribution in [2.75, 3.05) is 26.1 Å². The van der Waals surface area contributed by atoms with Gasteiger partial charge in [-0.05, 0) is 31.9 Å². The minimum atomic E-state index is -0.0668. The standard InChI is InChI=1S/C11H24O2S/c1-5-10(9-14)8-13-7-6-11(2,3)12-4/h10,14H,5-9H2,1-4H3. The van der Waals surface area contributed by atoms with Crippen LogP contribution in [0.4, 0.5) is 0 Å². The molecule has 2 nitrogen and oxygen atoms in total. The van der Waals surface area contributed by atoms with E-state index < -0.39 is 0 Å². The average molecular weight is 220 g/mol. The Bertz CT molecular complexity index is 133. The molecule has 0 aliphatic heterocycles. The van der Waals surface area contributed by atoms with E-state index in [1.807, 2.05) is 0 Å². The van der Waals surface area contributed by atoms with E-state index in [0.29, 0.717) is 5.92 Å². The molecule has 0 bridgehead atoms. The number of ether oxygens (including phenoxy) is 2. The predicted molar refractivity (Wildman–Crippen MR) is 64.2 cm³/mol. The number of hydrogen-bond donors (Lipinski definition) is 1. The predicted octanol–water partition coefficient (Wildman–Crippen LogP) is 2.77. The van der Waals surface area contributed by atoms with Gasteiger partial charge in [0.1, 0.15) is 0 Å². The Morgan fingerprint density at radius 3 is 2.43 bits per heavy atom. The molecule has 1 atom stereocenters. The van der Waals surface area contributed by atoms with E-state index in [0.717, 1.165) is 31.8 Å². The molecule has 0 saturated carbocycles. The van der Waals surface area contributed by atoms with Crippen molar-refractivity contribution in [2.45, 2.75) is 39.2 Å². The van der Waals surface area contributed by atoms with Gasteiger partial charge in [0.05, 0.1) is 12.2 Å². The summed E-state index contributed by atoms with van der Waals surface area (Å²) >= 11 is 4.27. The third kappa shape index (κ3) is 6.68. The molecule has 0 spiro atoms. The molecular weight excluding hydrogens is 196 g/mol. The largest absolute Gasteiger partial charge is 0.381 e. The molecular formula is C11H24O2S. The van der Waals surface area contributed by atoms with Gasteiger partial charge >= 0.3 is 0 Å². The summed E-state index contributed by atoms with van der Waals surface area (Å²) in [4.78, 5) is 0. The Balaban J connectivity index is 3.45. The Morgan fingerprint density at radius 2 is 2.00 bits per heavy atom. The van der Waals surface area contributed by atoms with Gasteiger partial charge in [0.25, 0.3) is 0 Å². The Morgan fingerprint density at radius 1 is 1.36 bits per heavy atom. The van der Waals surface area contributed by atoms with E-state index in [1.54, 1.807) is 7.11 Å². The summed E-state index contributed by atoms with van der Waals surface area (Å²) in [5.41, 5.74) is -0.0668. The maximum atomic E-state index is 5.59. The fraction of sp³-hybridized carbons (Fsp3) is 1.00. The second-order valence-corrected chi connectivity index (χ2v) is 4.61. The first-order valence-electron chi connectivity index (χ1n) is 5.29. The van der Waals surface area contributed by atoms with Crippen LogP contribution >= 0.6 is 12.6 Å². The quantitative estimate of drug-likeness (QED) is 0.501. The van der Waals surface area contributed by atoms with Crippen molar-refractivity contribution in [2.24, 2.45) is 5.92 Å². The minimum Gasteiger partial charge on any atom is -0.381 e. The van der Waals surface area contributed by atoms with E-state index in [2.05, 4.69) is 33.4 Å². The molecule has 0 radical (unpaired) electrons. The van der Waals surface area contributed by atoms with Crippen molar-refractivity contribution in [1.29, 1.82) is 0 Å². The van der Waals surface area contributed by atoms with E-state index in [9.17, 15) is 0 Å². The average Bonchev–Trinajstić information content (AvgIpc) is 2.18. The maximum Gasteiger partial charge on any atom is 0.0644 e. The number of methoxy groups -OCH3 is 1. The maximum absolute atomic E-state index is 5.59. The van der Waals surface area contributed by atoms with Gasteiger partial charge in [-0.1, -0.05) is 13.3 Å². The summed E-state index contributed by atoms with van der Waals surface area (Å²) in [5, 5.41) is 0. The van der Waals surface area contributed by atoms with Crippen molar-refractivity contribution in [1.82, 2.24) is 0 Å². The van der Waals surface area contributed by atoms with Crippen LogP contribution in [0.25, 0.3) is 0 Å². The number of rotatable bonds is 8. The van der Waals surface area contributed by atoms with Crippen molar-refractivity contribution in [3.8, 4) is 0 Å². The van der Waals surface area contributed by atoms with E-state index in [1.165, 1.54) is 0 Å². The first-order chi connectivity index (χ1) is 6.55. The summed E-state index contributed by atoms with van der Waals surface area (Å²) in [7, 11) is 1.74. The molecule has 0 fully saturated rings. The zero-order valence-corrected chi connectivity index (χ0v) is 10.8. The van der Waals surface area contributed by atoms with Crippen LogP contribution in [0.2, 0.25) is 0 Å². The highest BCUT2D eigenvalue weighted by atomic mass is 32.1. The van der Waals surface area contributed by atoms with Crippen LogP contribution in [0.3, 0.4) is 0 Å². The smallest absolute Gasteiger partial charge is 0.0644 e. The van der Waals surface area contributed by atoms with Gasteiger partial charge in [0.15, 0.2) is 0 Å². The monoisotopic (exact) mass is 220 g/mol. The molecule has 0 heterocycles. The summed E-state index contributed by atoms with van der Waals surface area (Å²) in [6, 6.07) is 0. The van der Waals surface area contributed by atoms with Crippen LogP contribution in [-0.2, 0) is 9.47 Å². The van der Waals surface area contributed by atoms with Crippen LogP contribution < -0.4 is 0 Å². The Hall–Kier alpha value is 0.270. The molecule has 0 aromatic carbocycles. The SMILES string of the molecule is CCC(CS)COCCC(C)(C)OC. The van der Waals surface area contributed by atoms with Crippen molar-refractivity contribution >= 4 is 12.6 Å². The van der Waals surface area contributed by atoms with Crippen molar-refractivity contribution in [3.05, 3.63) is 0 Å². The van der Waals surface area contributed by atoms with E-state index >= 15 is 0 Å². The van der Waals surface area contributed by atoms with Crippen LogP contribution in [0.5, 0.6) is 0 Å². The van der Waals surface area contributed by atoms with Gasteiger partial charge in [-0.2, -0.15) is 12.6 Å². The van der Waals surface area contributed by atoms with Gasteiger partial charge in [-0.15, -0.1) is 0 Å².